The van der Waals surface area contributed by atoms with Gasteiger partial charge in [-0.1, -0.05) is 6.42 Å². The number of carboxylic acids is 1. The lowest BCUT2D eigenvalue weighted by Gasteiger charge is -2.16. The lowest BCUT2D eigenvalue weighted by atomic mass is 10.0. The number of rotatable bonds is 9. The average Bonchev–Trinajstić information content (AvgIpc) is 3.01. The summed E-state index contributed by atoms with van der Waals surface area (Å²) < 4.78 is 30.6. The maximum atomic E-state index is 11.7. The summed E-state index contributed by atoms with van der Waals surface area (Å²) in [6, 6.07) is 0.114. The minimum atomic E-state index is -4.77. The molecule has 0 spiro atoms. The molecule has 0 radical (unpaired) electrons. The normalized spacial score (nSPS) is 26.4. The molecule has 12 heteroatoms. The molecular formula is C13H21N3O7S2. The van der Waals surface area contributed by atoms with E-state index in [1.807, 2.05) is 0 Å². The Bertz CT molecular complexity index is 640. The van der Waals surface area contributed by atoms with Crippen LogP contribution in [0.2, 0.25) is 0 Å². The van der Waals surface area contributed by atoms with Crippen LogP contribution >= 0.6 is 11.8 Å². The van der Waals surface area contributed by atoms with Gasteiger partial charge in [-0.25, -0.2) is 4.79 Å². The molecule has 2 fully saturated rings. The first-order valence-electron chi connectivity index (χ1n) is 7.83. The highest BCUT2D eigenvalue weighted by Gasteiger charge is 2.42. The van der Waals surface area contributed by atoms with Gasteiger partial charge >= 0.3 is 12.0 Å². The second kappa shape index (κ2) is 8.23. The van der Waals surface area contributed by atoms with Crippen molar-refractivity contribution in [3.05, 3.63) is 0 Å². The van der Waals surface area contributed by atoms with Crippen LogP contribution in [0.25, 0.3) is 0 Å². The van der Waals surface area contributed by atoms with Gasteiger partial charge in [0, 0.05) is 24.0 Å². The maximum Gasteiger partial charge on any atom is 0.326 e. The van der Waals surface area contributed by atoms with Crippen LogP contribution in [0, 0.1) is 0 Å². The van der Waals surface area contributed by atoms with Gasteiger partial charge in [0.25, 0.3) is 10.1 Å². The number of aliphatic carboxylic acids is 1. The molecule has 2 saturated heterocycles. The van der Waals surface area contributed by atoms with E-state index in [2.05, 4.69) is 16.0 Å². The van der Waals surface area contributed by atoms with Crippen LogP contribution in [0.15, 0.2) is 0 Å². The molecule has 0 saturated carbocycles. The second-order valence-corrected chi connectivity index (χ2v) is 8.88. The van der Waals surface area contributed by atoms with E-state index in [-0.39, 0.29) is 24.5 Å². The Morgan fingerprint density at radius 2 is 2.04 bits per heavy atom. The third-order valence-corrected chi connectivity index (χ3v) is 6.80. The van der Waals surface area contributed by atoms with E-state index >= 15 is 0 Å². The van der Waals surface area contributed by atoms with Crippen LogP contribution in [0.1, 0.15) is 25.7 Å². The van der Waals surface area contributed by atoms with Gasteiger partial charge in [0.15, 0.2) is 0 Å². The first-order valence-corrected chi connectivity index (χ1v) is 10.4. The van der Waals surface area contributed by atoms with Gasteiger partial charge in [0.2, 0.25) is 11.2 Å². The molecule has 4 atom stereocenters. The number of unbranched alkanes of at least 4 members (excludes halogenated alkanes) is 1. The predicted molar refractivity (Wildman–Crippen MR) is 89.9 cm³/mol. The molecule has 0 aromatic carbocycles. The summed E-state index contributed by atoms with van der Waals surface area (Å²) in [7, 11) is -4.77. The van der Waals surface area contributed by atoms with Crippen molar-refractivity contribution in [2.24, 2.45) is 0 Å². The first-order chi connectivity index (χ1) is 11.7. The van der Waals surface area contributed by atoms with Crippen LogP contribution in [0.4, 0.5) is 4.79 Å². The van der Waals surface area contributed by atoms with E-state index < -0.39 is 33.8 Å². The van der Waals surface area contributed by atoms with Gasteiger partial charge in [-0.05, 0) is 12.8 Å². The highest BCUT2D eigenvalue weighted by atomic mass is 32.2. The fourth-order valence-electron chi connectivity index (χ4n) is 2.89. The molecule has 142 valence electrons. The SMILES string of the molecule is O=C(CCCC[C@@H]1SC[C@@H]2NC(=O)N[C@@H]21)NCC(C(=O)O)S(=O)(=O)O. The van der Waals surface area contributed by atoms with Crippen molar-refractivity contribution < 1.29 is 32.5 Å². The van der Waals surface area contributed by atoms with E-state index in [0.717, 1.165) is 18.6 Å². The van der Waals surface area contributed by atoms with Gasteiger partial charge in [0.1, 0.15) is 0 Å². The highest BCUT2D eigenvalue weighted by Crippen LogP contribution is 2.33. The zero-order valence-electron chi connectivity index (χ0n) is 13.3. The molecule has 3 amide bonds. The van der Waals surface area contributed by atoms with Crippen LogP contribution in [0.5, 0.6) is 0 Å². The molecule has 25 heavy (non-hydrogen) atoms. The minimum Gasteiger partial charge on any atom is -0.480 e. The average molecular weight is 395 g/mol. The quantitative estimate of drug-likeness (QED) is 0.192. The third-order valence-electron chi connectivity index (χ3n) is 4.20. The second-order valence-electron chi connectivity index (χ2n) is 6.01. The third kappa shape index (κ3) is 5.47. The Balaban J connectivity index is 1.64. The molecule has 2 aliphatic heterocycles. The number of carbonyl (C=O) groups is 3. The Labute approximate surface area is 149 Å². The monoisotopic (exact) mass is 395 g/mol. The molecule has 5 N–H and O–H groups in total. The highest BCUT2D eigenvalue weighted by molar-refractivity contribution is 8.00. The number of carboxylic acid groups (broad SMARTS) is 1. The van der Waals surface area contributed by atoms with Crippen LogP contribution in [-0.4, -0.2) is 70.9 Å². The molecule has 1 unspecified atom stereocenters. The predicted octanol–water partition coefficient (Wildman–Crippen LogP) is -0.831. The van der Waals surface area contributed by atoms with Crippen LogP contribution in [-0.2, 0) is 19.7 Å². The van der Waals surface area contributed by atoms with Crippen molar-refractivity contribution in [2.75, 3.05) is 12.3 Å². The summed E-state index contributed by atoms with van der Waals surface area (Å²) in [5, 5.41) is 14.9. The number of hydrogen-bond donors (Lipinski definition) is 5. The number of urea groups is 1. The molecule has 0 aliphatic carbocycles. The molecule has 2 aliphatic rings. The van der Waals surface area contributed by atoms with Gasteiger partial charge in [0.05, 0.1) is 12.1 Å². The van der Waals surface area contributed by atoms with Crippen molar-refractivity contribution in [2.45, 2.75) is 48.3 Å². The van der Waals surface area contributed by atoms with E-state index in [9.17, 15) is 22.8 Å². The van der Waals surface area contributed by atoms with E-state index in [4.69, 9.17) is 9.66 Å². The molecule has 10 nitrogen and oxygen atoms in total. The maximum absolute atomic E-state index is 11.7. The molecule has 0 aromatic heterocycles. The Hall–Kier alpha value is -1.53. The van der Waals surface area contributed by atoms with Crippen molar-refractivity contribution in [1.82, 2.24) is 16.0 Å². The van der Waals surface area contributed by atoms with Crippen molar-refractivity contribution in [3.8, 4) is 0 Å². The zero-order chi connectivity index (χ0) is 18.6. The number of carbonyl (C=O) groups excluding carboxylic acids is 2. The Morgan fingerprint density at radius 3 is 2.68 bits per heavy atom. The number of fused-ring (bicyclic) bond motifs is 1. The largest absolute Gasteiger partial charge is 0.480 e. The summed E-state index contributed by atoms with van der Waals surface area (Å²) >= 11 is 1.78. The molecule has 2 rings (SSSR count). The fourth-order valence-corrected chi connectivity index (χ4v) is 4.98. The minimum absolute atomic E-state index is 0.109. The summed E-state index contributed by atoms with van der Waals surface area (Å²) in [5.41, 5.74) is 0. The number of thioether (sulfide) groups is 1. The summed E-state index contributed by atoms with van der Waals surface area (Å²) in [5.74, 6) is -1.33. The van der Waals surface area contributed by atoms with E-state index in [0.29, 0.717) is 11.7 Å². The van der Waals surface area contributed by atoms with Crippen LogP contribution < -0.4 is 16.0 Å². The van der Waals surface area contributed by atoms with Gasteiger partial charge in [-0.15, -0.1) is 0 Å². The zero-order valence-corrected chi connectivity index (χ0v) is 14.9. The first kappa shape index (κ1) is 19.8. The van der Waals surface area contributed by atoms with Crippen molar-refractivity contribution in [3.63, 3.8) is 0 Å². The van der Waals surface area contributed by atoms with E-state index in [1.54, 1.807) is 11.8 Å². The van der Waals surface area contributed by atoms with Crippen molar-refractivity contribution >= 4 is 39.8 Å². The van der Waals surface area contributed by atoms with Gasteiger partial charge in [-0.3, -0.25) is 14.1 Å². The number of nitrogens with one attached hydrogen (secondary N) is 3. The summed E-state index contributed by atoms with van der Waals surface area (Å²) in [6.45, 7) is -0.674. The standard InChI is InChI=1S/C13H21N3O7S2/c17-10(14-5-9(12(18)19)25(21,22)23)4-2-1-3-8-11-7(6-24-8)15-13(20)16-11/h7-9,11H,1-6H2,(H,14,17)(H,18,19)(H2,15,16,20)(H,21,22,23)/t7-,8-,9?,11-/m0/s1. The van der Waals surface area contributed by atoms with E-state index in [1.165, 1.54) is 0 Å². The van der Waals surface area contributed by atoms with Gasteiger partial charge < -0.3 is 21.1 Å². The van der Waals surface area contributed by atoms with Crippen molar-refractivity contribution in [1.29, 1.82) is 0 Å². The Kier molecular flexibility index (Phi) is 6.52. The fraction of sp³-hybridized carbons (Fsp3) is 0.769. The molecule has 2 heterocycles. The number of hydrogen-bond acceptors (Lipinski definition) is 6. The summed E-state index contributed by atoms with van der Waals surface area (Å²) in [6.07, 6.45) is 2.29. The van der Waals surface area contributed by atoms with Crippen LogP contribution in [0.3, 0.4) is 0 Å². The lowest BCUT2D eigenvalue weighted by Crippen LogP contribution is -2.41. The molecular weight excluding hydrogens is 374 g/mol. The molecule has 0 bridgehead atoms. The summed E-state index contributed by atoms with van der Waals surface area (Å²) in [4.78, 5) is 33.7. The molecule has 0 aromatic rings. The van der Waals surface area contributed by atoms with Gasteiger partial charge in [-0.2, -0.15) is 20.2 Å². The Morgan fingerprint density at radius 1 is 1.32 bits per heavy atom. The lowest BCUT2D eigenvalue weighted by molar-refractivity contribution is -0.136. The topological polar surface area (TPSA) is 162 Å². The smallest absolute Gasteiger partial charge is 0.326 e. The number of amides is 3.